The van der Waals surface area contributed by atoms with Crippen LogP contribution in [-0.4, -0.2) is 19.8 Å². The van der Waals surface area contributed by atoms with Gasteiger partial charge >= 0.3 is 0 Å². The summed E-state index contributed by atoms with van der Waals surface area (Å²) in [6.07, 6.45) is 1.06. The van der Waals surface area contributed by atoms with Crippen molar-refractivity contribution in [3.63, 3.8) is 0 Å². The van der Waals surface area contributed by atoms with Crippen LogP contribution in [0.3, 0.4) is 0 Å². The van der Waals surface area contributed by atoms with E-state index in [0.717, 1.165) is 19.6 Å². The van der Waals surface area contributed by atoms with Gasteiger partial charge in [0.05, 0.1) is 0 Å². The molecule has 1 unspecified atom stereocenters. The monoisotopic (exact) mass is 277 g/mol. The van der Waals surface area contributed by atoms with Crippen molar-refractivity contribution >= 4 is 27.3 Å². The maximum absolute atomic E-state index is 5.03. The summed E-state index contributed by atoms with van der Waals surface area (Å²) in [5.74, 6) is 0. The largest absolute Gasteiger partial charge is 0.385 e. The molecule has 80 valence electrons. The number of hydrogen-bond donors (Lipinski definition) is 1. The molecule has 0 amide bonds. The van der Waals surface area contributed by atoms with Gasteiger partial charge in [0.2, 0.25) is 0 Å². The fourth-order valence-corrected chi connectivity index (χ4v) is 2.56. The maximum atomic E-state index is 5.03. The van der Waals surface area contributed by atoms with E-state index in [4.69, 9.17) is 4.74 Å². The van der Waals surface area contributed by atoms with Crippen LogP contribution in [0, 0.1) is 0 Å². The molecule has 0 fully saturated rings. The molecule has 4 heteroatoms. The molecular weight excluding hydrogens is 262 g/mol. The number of halogens is 1. The van der Waals surface area contributed by atoms with E-state index in [9.17, 15) is 0 Å². The fourth-order valence-electron chi connectivity index (χ4n) is 1.11. The van der Waals surface area contributed by atoms with Crippen molar-refractivity contribution in [2.75, 3.05) is 13.7 Å². The minimum Gasteiger partial charge on any atom is -0.385 e. The Bertz CT molecular complexity index is 264. The molecule has 0 saturated heterocycles. The van der Waals surface area contributed by atoms with E-state index in [1.807, 2.05) is 0 Å². The van der Waals surface area contributed by atoms with Gasteiger partial charge in [-0.05, 0) is 40.7 Å². The van der Waals surface area contributed by atoms with Gasteiger partial charge in [0.1, 0.15) is 0 Å². The first-order valence-electron chi connectivity index (χ1n) is 4.68. The first kappa shape index (κ1) is 12.2. The molecular formula is C10H16BrNOS. The van der Waals surface area contributed by atoms with Gasteiger partial charge in [-0.2, -0.15) is 0 Å². The van der Waals surface area contributed by atoms with Crippen LogP contribution in [0.5, 0.6) is 0 Å². The van der Waals surface area contributed by atoms with Crippen molar-refractivity contribution < 1.29 is 4.74 Å². The lowest BCUT2D eigenvalue weighted by Crippen LogP contribution is -2.26. The van der Waals surface area contributed by atoms with Crippen LogP contribution in [-0.2, 0) is 11.3 Å². The van der Waals surface area contributed by atoms with Crippen molar-refractivity contribution in [2.24, 2.45) is 0 Å². The summed E-state index contributed by atoms with van der Waals surface area (Å²) in [6, 6.07) is 2.59. The van der Waals surface area contributed by atoms with E-state index in [2.05, 4.69) is 39.6 Å². The highest BCUT2D eigenvalue weighted by Gasteiger charge is 2.04. The normalized spacial score (nSPS) is 13.1. The van der Waals surface area contributed by atoms with E-state index in [1.165, 1.54) is 9.35 Å². The summed E-state index contributed by atoms with van der Waals surface area (Å²) in [5, 5.41) is 5.56. The predicted octanol–water partition coefficient (Wildman–Crippen LogP) is 3.03. The molecule has 0 aliphatic carbocycles. The molecule has 0 spiro atoms. The molecule has 0 aliphatic heterocycles. The number of ether oxygens (including phenoxy) is 1. The number of nitrogens with one attached hydrogen (secondary N) is 1. The molecule has 0 radical (unpaired) electrons. The summed E-state index contributed by atoms with van der Waals surface area (Å²) in [6.45, 7) is 3.93. The summed E-state index contributed by atoms with van der Waals surface area (Å²) in [7, 11) is 1.74. The molecule has 0 saturated carbocycles. The van der Waals surface area contributed by atoms with E-state index in [-0.39, 0.29) is 0 Å². The van der Waals surface area contributed by atoms with Crippen LogP contribution >= 0.6 is 27.3 Å². The third-order valence-corrected chi connectivity index (χ3v) is 3.98. The predicted molar refractivity (Wildman–Crippen MR) is 64.8 cm³/mol. The zero-order chi connectivity index (χ0) is 10.4. The first-order chi connectivity index (χ1) is 6.74. The molecule has 0 aliphatic rings. The number of thiophene rings is 1. The smallest absolute Gasteiger partial charge is 0.0476 e. The minimum absolute atomic E-state index is 0.504. The third-order valence-electron chi connectivity index (χ3n) is 2.06. The summed E-state index contributed by atoms with van der Waals surface area (Å²) >= 11 is 5.29. The molecule has 1 aromatic rings. The van der Waals surface area contributed by atoms with Crippen molar-refractivity contribution in [3.8, 4) is 0 Å². The maximum Gasteiger partial charge on any atom is 0.0476 e. The minimum atomic E-state index is 0.504. The van der Waals surface area contributed by atoms with Crippen molar-refractivity contribution in [1.29, 1.82) is 0 Å². The highest BCUT2D eigenvalue weighted by atomic mass is 79.9. The van der Waals surface area contributed by atoms with Crippen molar-refractivity contribution in [3.05, 3.63) is 20.8 Å². The lowest BCUT2D eigenvalue weighted by atomic mass is 10.2. The Balaban J connectivity index is 2.23. The van der Waals surface area contributed by atoms with E-state index in [1.54, 1.807) is 18.4 Å². The molecule has 1 heterocycles. The van der Waals surface area contributed by atoms with Crippen LogP contribution in [0.1, 0.15) is 18.2 Å². The Hall–Kier alpha value is 0.100. The molecule has 1 rings (SSSR count). The summed E-state index contributed by atoms with van der Waals surface area (Å²) in [5.41, 5.74) is 0. The second-order valence-electron chi connectivity index (χ2n) is 3.26. The second kappa shape index (κ2) is 6.56. The molecule has 2 nitrogen and oxygen atoms in total. The summed E-state index contributed by atoms with van der Waals surface area (Å²) in [4.78, 5) is 1.36. The van der Waals surface area contributed by atoms with Crippen molar-refractivity contribution in [1.82, 2.24) is 5.32 Å². The average molecular weight is 278 g/mol. The van der Waals surface area contributed by atoms with Gasteiger partial charge in [-0.3, -0.25) is 0 Å². The molecule has 0 aromatic carbocycles. The van der Waals surface area contributed by atoms with Crippen LogP contribution in [0.4, 0.5) is 0 Å². The molecule has 14 heavy (non-hydrogen) atoms. The fraction of sp³-hybridized carbons (Fsp3) is 0.600. The second-order valence-corrected chi connectivity index (χ2v) is 5.11. The average Bonchev–Trinajstić information content (AvgIpc) is 2.58. The molecule has 0 bridgehead atoms. The van der Waals surface area contributed by atoms with Gasteiger partial charge in [0.15, 0.2) is 0 Å². The Labute approximate surface area is 97.8 Å². The van der Waals surface area contributed by atoms with Crippen LogP contribution in [0.15, 0.2) is 15.9 Å². The third kappa shape index (κ3) is 4.09. The van der Waals surface area contributed by atoms with E-state index < -0.39 is 0 Å². The molecule has 1 aromatic heterocycles. The Morgan fingerprint density at radius 3 is 3.00 bits per heavy atom. The van der Waals surface area contributed by atoms with Crippen LogP contribution in [0.2, 0.25) is 0 Å². The number of rotatable bonds is 6. The SMILES string of the molecule is COCCC(C)NCc1sccc1Br. The standard InChI is InChI=1S/C10H16BrNOS/c1-8(3-5-13-2)12-7-10-9(11)4-6-14-10/h4,6,8,12H,3,5,7H2,1-2H3. The first-order valence-corrected chi connectivity index (χ1v) is 6.35. The zero-order valence-electron chi connectivity index (χ0n) is 8.55. The van der Waals surface area contributed by atoms with Crippen LogP contribution in [0.25, 0.3) is 0 Å². The van der Waals surface area contributed by atoms with Gasteiger partial charge in [-0.15, -0.1) is 11.3 Å². The van der Waals surface area contributed by atoms with Gasteiger partial charge in [0, 0.05) is 35.7 Å². The lowest BCUT2D eigenvalue weighted by Gasteiger charge is -2.12. The van der Waals surface area contributed by atoms with Gasteiger partial charge in [-0.25, -0.2) is 0 Å². The van der Waals surface area contributed by atoms with Crippen molar-refractivity contribution in [2.45, 2.75) is 25.9 Å². The number of hydrogen-bond acceptors (Lipinski definition) is 3. The van der Waals surface area contributed by atoms with Crippen LogP contribution < -0.4 is 5.32 Å². The molecule has 1 N–H and O–H groups in total. The van der Waals surface area contributed by atoms with E-state index >= 15 is 0 Å². The highest BCUT2D eigenvalue weighted by Crippen LogP contribution is 2.22. The number of methoxy groups -OCH3 is 1. The van der Waals surface area contributed by atoms with E-state index in [0.29, 0.717) is 6.04 Å². The Morgan fingerprint density at radius 1 is 1.64 bits per heavy atom. The Morgan fingerprint density at radius 2 is 2.43 bits per heavy atom. The summed E-state index contributed by atoms with van der Waals surface area (Å²) < 4.78 is 6.23. The molecule has 1 atom stereocenters. The lowest BCUT2D eigenvalue weighted by molar-refractivity contribution is 0.184. The Kier molecular flexibility index (Phi) is 5.70. The van der Waals surface area contributed by atoms with Gasteiger partial charge in [0.25, 0.3) is 0 Å². The van der Waals surface area contributed by atoms with Gasteiger partial charge in [-0.1, -0.05) is 0 Å². The highest BCUT2D eigenvalue weighted by molar-refractivity contribution is 9.10. The topological polar surface area (TPSA) is 21.3 Å². The zero-order valence-corrected chi connectivity index (χ0v) is 11.0. The quantitative estimate of drug-likeness (QED) is 0.863. The van der Waals surface area contributed by atoms with Gasteiger partial charge < -0.3 is 10.1 Å².